The first-order chi connectivity index (χ1) is 9.08. The smallest absolute Gasteiger partial charge is 0.244 e. The number of nitrogens with two attached hydrogens (primary N) is 1. The van der Waals surface area contributed by atoms with E-state index in [1.807, 2.05) is 42.6 Å². The van der Waals surface area contributed by atoms with Gasteiger partial charge in [0.25, 0.3) is 0 Å². The van der Waals surface area contributed by atoms with Crippen molar-refractivity contribution in [2.75, 3.05) is 7.05 Å². The number of carbonyl (C=O) groups is 1. The van der Waals surface area contributed by atoms with Crippen molar-refractivity contribution in [2.45, 2.75) is 19.5 Å². The van der Waals surface area contributed by atoms with Crippen LogP contribution in [0.2, 0.25) is 0 Å². The summed E-state index contributed by atoms with van der Waals surface area (Å²) in [7, 11) is 1.75. The highest BCUT2D eigenvalue weighted by atomic mass is 35.5. The number of hydrogen-bond donors (Lipinski definition) is 1. The van der Waals surface area contributed by atoms with Gasteiger partial charge in [-0.05, 0) is 12.5 Å². The highest BCUT2D eigenvalue weighted by Gasteiger charge is 2.20. The van der Waals surface area contributed by atoms with E-state index in [-0.39, 0.29) is 30.7 Å². The fourth-order valence-electron chi connectivity index (χ4n) is 1.84. The molecule has 0 aliphatic carbocycles. The molecule has 0 fully saturated rings. The zero-order valence-electron chi connectivity index (χ0n) is 11.9. The maximum atomic E-state index is 12.2. The number of carbonyl (C=O) groups excluding carboxylic acids is 1. The van der Waals surface area contributed by atoms with Crippen molar-refractivity contribution in [3.63, 3.8) is 0 Å². The van der Waals surface area contributed by atoms with Gasteiger partial charge >= 0.3 is 0 Å². The summed E-state index contributed by atoms with van der Waals surface area (Å²) in [6.45, 7) is 2.44. The normalized spacial score (nSPS) is 11.0. The molecule has 1 heterocycles. The zero-order chi connectivity index (χ0) is 13.8. The molecule has 2 N–H and O–H groups in total. The lowest BCUT2D eigenvalue weighted by Gasteiger charge is -2.20. The predicted octanol–water partition coefficient (Wildman–Crippen LogP) is 2.95. The maximum Gasteiger partial charge on any atom is 0.244 e. The molecule has 2 rings (SSSR count). The van der Waals surface area contributed by atoms with Crippen LogP contribution < -0.4 is 5.73 Å². The van der Waals surface area contributed by atoms with Crippen LogP contribution in [-0.2, 0) is 11.3 Å². The number of amides is 1. The van der Waals surface area contributed by atoms with Crippen LogP contribution in [0.1, 0.15) is 22.3 Å². The second-order valence-corrected chi connectivity index (χ2v) is 5.50. The summed E-state index contributed by atoms with van der Waals surface area (Å²) in [6.07, 6.45) is 0. The van der Waals surface area contributed by atoms with Crippen molar-refractivity contribution in [3.05, 3.63) is 52.0 Å². The van der Waals surface area contributed by atoms with Crippen LogP contribution in [-0.4, -0.2) is 22.8 Å². The molecule has 0 aliphatic rings. The Morgan fingerprint density at radius 3 is 2.48 bits per heavy atom. The van der Waals surface area contributed by atoms with Crippen LogP contribution >= 0.6 is 36.2 Å². The minimum Gasteiger partial charge on any atom is -0.338 e. The number of aryl methyl sites for hydroxylation is 1. The first-order valence-corrected chi connectivity index (χ1v) is 6.92. The Morgan fingerprint density at radius 1 is 1.33 bits per heavy atom. The van der Waals surface area contributed by atoms with Crippen LogP contribution in [0.5, 0.6) is 0 Å². The average Bonchev–Trinajstić information content (AvgIpc) is 2.83. The number of aromatic nitrogens is 1. The minimum absolute atomic E-state index is 0. The number of thiazole rings is 1. The molecule has 2 aromatic rings. The average molecular weight is 348 g/mol. The quantitative estimate of drug-likeness (QED) is 0.924. The molecular weight excluding hydrogens is 329 g/mol. The summed E-state index contributed by atoms with van der Waals surface area (Å²) in [5, 5.41) is 2.97. The Balaban J connectivity index is 0.00000200. The first-order valence-electron chi connectivity index (χ1n) is 6.04. The third kappa shape index (κ3) is 5.28. The van der Waals surface area contributed by atoms with Gasteiger partial charge in [-0.2, -0.15) is 0 Å². The molecule has 1 amide bonds. The van der Waals surface area contributed by atoms with E-state index in [1.54, 1.807) is 23.3 Å². The van der Waals surface area contributed by atoms with Gasteiger partial charge < -0.3 is 10.6 Å². The van der Waals surface area contributed by atoms with Crippen LogP contribution in [0.4, 0.5) is 0 Å². The molecular formula is C14H19Cl2N3OS. The van der Waals surface area contributed by atoms with Crippen LogP contribution in [0.15, 0.2) is 35.7 Å². The second kappa shape index (κ2) is 9.00. The number of benzene rings is 1. The van der Waals surface area contributed by atoms with Crippen LogP contribution in [0, 0.1) is 6.92 Å². The van der Waals surface area contributed by atoms with Crippen molar-refractivity contribution in [2.24, 2.45) is 5.73 Å². The highest BCUT2D eigenvalue weighted by molar-refractivity contribution is 7.09. The molecule has 0 spiro atoms. The van der Waals surface area contributed by atoms with E-state index in [2.05, 4.69) is 4.98 Å². The summed E-state index contributed by atoms with van der Waals surface area (Å²) < 4.78 is 0. The third-order valence-corrected chi connectivity index (χ3v) is 3.69. The first kappa shape index (κ1) is 19.9. The molecule has 7 heteroatoms. The number of rotatable bonds is 4. The minimum atomic E-state index is -0.620. The van der Waals surface area contributed by atoms with Crippen molar-refractivity contribution >= 4 is 42.1 Å². The van der Waals surface area contributed by atoms with Crippen molar-refractivity contribution < 1.29 is 4.79 Å². The molecule has 1 atom stereocenters. The number of halogens is 2. The molecule has 1 aromatic heterocycles. The fourth-order valence-corrected chi connectivity index (χ4v) is 2.45. The molecule has 0 saturated carbocycles. The highest BCUT2D eigenvalue weighted by Crippen LogP contribution is 2.15. The van der Waals surface area contributed by atoms with Gasteiger partial charge in [0.05, 0.1) is 17.2 Å². The van der Waals surface area contributed by atoms with E-state index in [9.17, 15) is 4.79 Å². The van der Waals surface area contributed by atoms with Gasteiger partial charge in [-0.3, -0.25) is 4.79 Å². The molecule has 4 nitrogen and oxygen atoms in total. The number of nitrogens with zero attached hydrogens (tertiary/aromatic N) is 2. The topological polar surface area (TPSA) is 59.2 Å². The standard InChI is InChI=1S/C14H17N3OS.2ClH/c1-10-16-12(9-19-10)8-17(2)14(18)13(15)11-6-4-3-5-7-11;;/h3-7,9,13H,8,15H2,1-2H3;2*1H. The molecule has 0 aliphatic heterocycles. The second-order valence-electron chi connectivity index (χ2n) is 4.44. The lowest BCUT2D eigenvalue weighted by atomic mass is 10.1. The van der Waals surface area contributed by atoms with Gasteiger partial charge in [0, 0.05) is 12.4 Å². The monoisotopic (exact) mass is 347 g/mol. The molecule has 0 saturated heterocycles. The number of hydrogen-bond acceptors (Lipinski definition) is 4. The van der Waals surface area contributed by atoms with Gasteiger partial charge in [0.1, 0.15) is 6.04 Å². The molecule has 1 aromatic carbocycles. The summed E-state index contributed by atoms with van der Waals surface area (Å²) in [5.41, 5.74) is 7.72. The Morgan fingerprint density at radius 2 is 1.95 bits per heavy atom. The van der Waals surface area contributed by atoms with E-state index >= 15 is 0 Å². The fraction of sp³-hybridized carbons (Fsp3) is 0.286. The third-order valence-electron chi connectivity index (χ3n) is 2.87. The Hall–Kier alpha value is -1.14. The van der Waals surface area contributed by atoms with Crippen LogP contribution in [0.25, 0.3) is 0 Å². The van der Waals surface area contributed by atoms with Crippen molar-refractivity contribution in [1.29, 1.82) is 0 Å². The van der Waals surface area contributed by atoms with E-state index in [0.717, 1.165) is 16.3 Å². The largest absolute Gasteiger partial charge is 0.338 e. The van der Waals surface area contributed by atoms with Gasteiger partial charge in [-0.15, -0.1) is 36.2 Å². The van der Waals surface area contributed by atoms with E-state index in [1.165, 1.54) is 0 Å². The SMILES string of the molecule is Cc1nc(CN(C)C(=O)C(N)c2ccccc2)cs1.Cl.Cl. The van der Waals surface area contributed by atoms with Gasteiger partial charge in [0.15, 0.2) is 0 Å². The van der Waals surface area contributed by atoms with Crippen molar-refractivity contribution in [1.82, 2.24) is 9.88 Å². The summed E-state index contributed by atoms with van der Waals surface area (Å²) in [6, 6.07) is 8.78. The molecule has 116 valence electrons. The van der Waals surface area contributed by atoms with Crippen LogP contribution in [0.3, 0.4) is 0 Å². The van der Waals surface area contributed by atoms with Gasteiger partial charge in [-0.25, -0.2) is 4.98 Å². The summed E-state index contributed by atoms with van der Waals surface area (Å²) >= 11 is 1.58. The molecule has 1 unspecified atom stereocenters. The Bertz CT molecular complexity index is 562. The zero-order valence-corrected chi connectivity index (χ0v) is 14.3. The molecule has 21 heavy (non-hydrogen) atoms. The Labute approximate surface area is 141 Å². The summed E-state index contributed by atoms with van der Waals surface area (Å²) in [4.78, 5) is 18.2. The number of likely N-dealkylation sites (N-methyl/N-ethyl adjacent to an activating group) is 1. The molecule has 0 bridgehead atoms. The summed E-state index contributed by atoms with van der Waals surface area (Å²) in [5.74, 6) is -0.100. The van der Waals surface area contributed by atoms with Crippen molar-refractivity contribution in [3.8, 4) is 0 Å². The Kier molecular flexibility index (Phi) is 8.51. The van der Waals surface area contributed by atoms with E-state index in [4.69, 9.17) is 5.73 Å². The molecule has 0 radical (unpaired) electrons. The van der Waals surface area contributed by atoms with E-state index in [0.29, 0.717) is 6.54 Å². The maximum absolute atomic E-state index is 12.2. The van der Waals surface area contributed by atoms with E-state index < -0.39 is 6.04 Å². The lowest BCUT2D eigenvalue weighted by Crippen LogP contribution is -2.35. The van der Waals surface area contributed by atoms with Gasteiger partial charge in [-0.1, -0.05) is 30.3 Å². The lowest BCUT2D eigenvalue weighted by molar-refractivity contribution is -0.132. The predicted molar refractivity (Wildman–Crippen MR) is 91.2 cm³/mol. The van der Waals surface area contributed by atoms with Gasteiger partial charge in [0.2, 0.25) is 5.91 Å².